The van der Waals surface area contributed by atoms with Gasteiger partial charge in [-0.2, -0.15) is 5.10 Å². The highest BCUT2D eigenvalue weighted by Gasteiger charge is 2.36. The number of hydrogen-bond donors (Lipinski definition) is 2. The molecular formula is C38H42FN9O4. The third-order valence-corrected chi connectivity index (χ3v) is 11.2. The van der Waals surface area contributed by atoms with Crippen LogP contribution in [-0.4, -0.2) is 77.3 Å². The Balaban J connectivity index is 0.880. The van der Waals surface area contributed by atoms with Crippen LogP contribution >= 0.6 is 0 Å². The molecular weight excluding hydrogens is 665 g/mol. The summed E-state index contributed by atoms with van der Waals surface area (Å²) in [6.45, 7) is 3.75. The number of imide groups is 1. The number of rotatable bonds is 7. The van der Waals surface area contributed by atoms with Crippen LogP contribution < -0.4 is 16.3 Å². The SMILES string of the molecule is Cc1cncc(C(=O)Nc2ccc3nn(C4CCC(CN5CC[C@@H](c6cccc7c6n(C)c(=O)n7C6CCC(=O)NC6=O)[C@H](F)C5)CC4)cc3c2)n1. The molecule has 0 bridgehead atoms. The van der Waals surface area contributed by atoms with Crippen LogP contribution in [-0.2, 0) is 16.6 Å². The zero-order valence-corrected chi connectivity index (χ0v) is 29.3. The number of fused-ring (bicyclic) bond motifs is 2. The van der Waals surface area contributed by atoms with E-state index in [1.165, 1.54) is 15.3 Å². The highest BCUT2D eigenvalue weighted by Crippen LogP contribution is 2.38. The van der Waals surface area contributed by atoms with E-state index < -0.39 is 18.1 Å². The molecule has 5 heterocycles. The molecule has 13 nitrogen and oxygen atoms in total. The molecule has 1 saturated carbocycles. The molecule has 1 aliphatic carbocycles. The molecule has 2 saturated heterocycles. The van der Waals surface area contributed by atoms with Gasteiger partial charge in [-0.3, -0.25) is 38.5 Å². The minimum absolute atomic E-state index is 0.168. The maximum atomic E-state index is 16.1. The lowest BCUT2D eigenvalue weighted by molar-refractivity contribution is -0.135. The maximum Gasteiger partial charge on any atom is 0.329 e. The average molecular weight is 708 g/mol. The molecule has 8 rings (SSSR count). The Morgan fingerprint density at radius 1 is 1.04 bits per heavy atom. The molecule has 2 N–H and O–H groups in total. The van der Waals surface area contributed by atoms with Crippen LogP contribution in [0.2, 0.25) is 0 Å². The molecule has 52 heavy (non-hydrogen) atoms. The second-order valence-corrected chi connectivity index (χ2v) is 14.6. The van der Waals surface area contributed by atoms with Crippen molar-refractivity contribution in [1.82, 2.24) is 39.1 Å². The molecule has 3 amide bonds. The van der Waals surface area contributed by atoms with Crippen molar-refractivity contribution >= 4 is 45.3 Å². The Bertz CT molecular complexity index is 2250. The van der Waals surface area contributed by atoms with E-state index in [0.717, 1.165) is 55.2 Å². The van der Waals surface area contributed by atoms with Crippen molar-refractivity contribution in [2.24, 2.45) is 13.0 Å². The number of anilines is 1. The van der Waals surface area contributed by atoms with Gasteiger partial charge < -0.3 is 10.2 Å². The van der Waals surface area contributed by atoms with Gasteiger partial charge in [0.1, 0.15) is 17.9 Å². The summed E-state index contributed by atoms with van der Waals surface area (Å²) in [7, 11) is 1.67. The van der Waals surface area contributed by atoms with Crippen molar-refractivity contribution < 1.29 is 18.8 Å². The van der Waals surface area contributed by atoms with Gasteiger partial charge in [-0.1, -0.05) is 12.1 Å². The number of alkyl halides is 1. The van der Waals surface area contributed by atoms with Gasteiger partial charge in [0.05, 0.1) is 34.5 Å². The summed E-state index contributed by atoms with van der Waals surface area (Å²) >= 11 is 0. The predicted molar refractivity (Wildman–Crippen MR) is 193 cm³/mol. The van der Waals surface area contributed by atoms with E-state index >= 15 is 4.39 Å². The molecule has 14 heteroatoms. The molecule has 3 fully saturated rings. The zero-order chi connectivity index (χ0) is 36.1. The molecule has 2 aliphatic heterocycles. The third kappa shape index (κ3) is 6.40. The number of para-hydroxylation sites is 1. The summed E-state index contributed by atoms with van der Waals surface area (Å²) in [5, 5.41) is 11.1. The maximum absolute atomic E-state index is 16.1. The first-order valence-corrected chi connectivity index (χ1v) is 18.1. The third-order valence-electron chi connectivity index (χ3n) is 11.2. The first-order chi connectivity index (χ1) is 25.1. The number of amides is 3. The van der Waals surface area contributed by atoms with E-state index in [0.29, 0.717) is 41.3 Å². The van der Waals surface area contributed by atoms with Crippen LogP contribution in [0.3, 0.4) is 0 Å². The average Bonchev–Trinajstić information content (AvgIpc) is 3.66. The van der Waals surface area contributed by atoms with Gasteiger partial charge in [-0.05, 0) is 87.7 Å². The van der Waals surface area contributed by atoms with Gasteiger partial charge in [-0.15, -0.1) is 0 Å². The van der Waals surface area contributed by atoms with Crippen molar-refractivity contribution in [3.63, 3.8) is 0 Å². The normalized spacial score (nSPS) is 24.3. The fraction of sp³-hybridized carbons (Fsp3) is 0.447. The smallest absolute Gasteiger partial charge is 0.321 e. The second kappa shape index (κ2) is 13.7. The minimum Gasteiger partial charge on any atom is -0.321 e. The number of imidazole rings is 1. The van der Waals surface area contributed by atoms with Gasteiger partial charge in [0.25, 0.3) is 5.91 Å². The number of carbonyl (C=O) groups is 3. The number of carbonyl (C=O) groups excluding carboxylic acids is 3. The van der Waals surface area contributed by atoms with Crippen molar-refractivity contribution in [3.8, 4) is 0 Å². The van der Waals surface area contributed by atoms with E-state index in [4.69, 9.17) is 5.10 Å². The number of nitrogens with zero attached hydrogens (tertiary/aromatic N) is 7. The lowest BCUT2D eigenvalue weighted by Gasteiger charge is -2.38. The van der Waals surface area contributed by atoms with E-state index in [-0.39, 0.29) is 48.0 Å². The van der Waals surface area contributed by atoms with Gasteiger partial charge >= 0.3 is 5.69 Å². The fourth-order valence-electron chi connectivity index (χ4n) is 8.52. The van der Waals surface area contributed by atoms with Crippen LogP contribution in [0.1, 0.15) is 84.7 Å². The van der Waals surface area contributed by atoms with Gasteiger partial charge in [-0.25, -0.2) is 14.2 Å². The van der Waals surface area contributed by atoms with E-state index in [2.05, 4.69) is 36.4 Å². The summed E-state index contributed by atoms with van der Waals surface area (Å²) < 4.78 is 21.1. The first kappa shape index (κ1) is 33.9. The summed E-state index contributed by atoms with van der Waals surface area (Å²) in [6.07, 6.45) is 9.12. The molecule has 2 aromatic carbocycles. The Kier molecular flexibility index (Phi) is 8.94. The van der Waals surface area contributed by atoms with Gasteiger partial charge in [0.15, 0.2) is 0 Å². The van der Waals surface area contributed by atoms with Crippen molar-refractivity contribution in [2.75, 3.05) is 25.0 Å². The second-order valence-electron chi connectivity index (χ2n) is 14.6. The number of hydrogen-bond acceptors (Lipinski definition) is 8. The lowest BCUT2D eigenvalue weighted by Crippen LogP contribution is -2.44. The number of piperidine rings is 2. The monoisotopic (exact) mass is 707 g/mol. The highest BCUT2D eigenvalue weighted by molar-refractivity contribution is 6.03. The lowest BCUT2D eigenvalue weighted by atomic mass is 9.83. The predicted octanol–water partition coefficient (Wildman–Crippen LogP) is 4.58. The number of aryl methyl sites for hydroxylation is 2. The number of aromatic nitrogens is 6. The standard InChI is InChI=1S/C38H42FN9O4/c1-22-17-40-18-31(41-22)36(50)42-25-8-11-30-24(16-25)20-47(44-30)26-9-6-23(7-10-26)19-46-15-14-27(29(39)21-46)28-4-3-5-32-35(28)45(2)38(52)48(32)33-12-13-34(49)43-37(33)51/h3-5,8,11,16-18,20,23,26-27,29,33H,6-7,9-10,12-15,19,21H2,1-2H3,(H,42,50)(H,43,49,51)/t23?,26?,27-,29+,33?/m0/s1. The van der Waals surface area contributed by atoms with E-state index in [9.17, 15) is 19.2 Å². The highest BCUT2D eigenvalue weighted by atomic mass is 19.1. The molecule has 5 aromatic rings. The summed E-state index contributed by atoms with van der Waals surface area (Å²) in [5.41, 5.74) is 4.18. The molecule has 1 unspecified atom stereocenters. The number of nitrogens with one attached hydrogen (secondary N) is 2. The first-order valence-electron chi connectivity index (χ1n) is 18.1. The zero-order valence-electron chi connectivity index (χ0n) is 29.3. The van der Waals surface area contributed by atoms with Gasteiger partial charge in [0, 0.05) is 55.9 Å². The number of likely N-dealkylation sites (tertiary alicyclic amines) is 1. The van der Waals surface area contributed by atoms with Crippen LogP contribution in [0.4, 0.5) is 10.1 Å². The summed E-state index contributed by atoms with van der Waals surface area (Å²) in [6, 6.07) is 10.7. The van der Waals surface area contributed by atoms with Crippen LogP contribution in [0.15, 0.2) is 59.8 Å². The Morgan fingerprint density at radius 3 is 2.63 bits per heavy atom. The van der Waals surface area contributed by atoms with Crippen molar-refractivity contribution in [3.05, 3.63) is 82.4 Å². The fourth-order valence-corrected chi connectivity index (χ4v) is 8.52. The summed E-state index contributed by atoms with van der Waals surface area (Å²) in [5.74, 6) is -1.01. The Labute approximate surface area is 299 Å². The Hall–Kier alpha value is -5.24. The Morgan fingerprint density at radius 2 is 1.87 bits per heavy atom. The van der Waals surface area contributed by atoms with Crippen molar-refractivity contribution in [2.45, 2.75) is 76.0 Å². The van der Waals surface area contributed by atoms with Gasteiger partial charge in [0.2, 0.25) is 11.8 Å². The molecule has 3 atom stereocenters. The van der Waals surface area contributed by atoms with E-state index in [1.807, 2.05) is 30.3 Å². The number of benzene rings is 2. The summed E-state index contributed by atoms with van der Waals surface area (Å²) in [4.78, 5) is 61.1. The number of halogens is 1. The molecule has 3 aliphatic rings. The van der Waals surface area contributed by atoms with Crippen molar-refractivity contribution in [1.29, 1.82) is 0 Å². The van der Waals surface area contributed by atoms with Crippen LogP contribution in [0, 0.1) is 12.8 Å². The molecule has 0 radical (unpaired) electrons. The minimum atomic E-state index is -1.10. The van der Waals surface area contributed by atoms with Crippen LogP contribution in [0.5, 0.6) is 0 Å². The molecule has 3 aromatic heterocycles. The topological polar surface area (TPSA) is 149 Å². The van der Waals surface area contributed by atoms with Crippen LogP contribution in [0.25, 0.3) is 21.9 Å². The van der Waals surface area contributed by atoms with E-state index in [1.54, 1.807) is 26.2 Å². The molecule has 270 valence electrons. The quantitative estimate of drug-likeness (QED) is 0.234. The molecule has 0 spiro atoms. The largest absolute Gasteiger partial charge is 0.329 e.